The molecule has 152 valence electrons. The molecule has 0 radical (unpaired) electrons. The van der Waals surface area contributed by atoms with Crippen molar-refractivity contribution in [1.82, 2.24) is 9.88 Å². The molecule has 6 nitrogen and oxygen atoms in total. The lowest BCUT2D eigenvalue weighted by Gasteiger charge is -2.34. The van der Waals surface area contributed by atoms with Gasteiger partial charge in [-0.15, -0.1) is 0 Å². The van der Waals surface area contributed by atoms with Gasteiger partial charge in [0.15, 0.2) is 15.0 Å². The molecule has 4 rings (SSSR count). The highest BCUT2D eigenvalue weighted by Crippen LogP contribution is 2.30. The second-order valence-electron chi connectivity index (χ2n) is 6.82. The van der Waals surface area contributed by atoms with Gasteiger partial charge in [-0.3, -0.25) is 4.79 Å². The van der Waals surface area contributed by atoms with E-state index in [0.717, 1.165) is 15.3 Å². The molecule has 1 aliphatic heterocycles. The largest absolute Gasteiger partial charge is 0.345 e. The van der Waals surface area contributed by atoms with E-state index in [1.54, 1.807) is 30.0 Å². The van der Waals surface area contributed by atoms with Crippen molar-refractivity contribution < 1.29 is 17.6 Å². The topological polar surface area (TPSA) is 70.6 Å². The van der Waals surface area contributed by atoms with Gasteiger partial charge in [-0.25, -0.2) is 17.8 Å². The zero-order valence-electron chi connectivity index (χ0n) is 15.8. The van der Waals surface area contributed by atoms with E-state index in [1.807, 2.05) is 0 Å². The van der Waals surface area contributed by atoms with Crippen LogP contribution in [0, 0.1) is 5.82 Å². The van der Waals surface area contributed by atoms with E-state index in [-0.39, 0.29) is 22.4 Å². The van der Waals surface area contributed by atoms with Crippen LogP contribution in [0.1, 0.15) is 17.3 Å². The molecule has 3 aromatic rings. The Hall–Kier alpha value is -2.52. The Morgan fingerprint density at radius 1 is 1.14 bits per heavy atom. The molecular formula is C20H20FN3O3S2. The number of thiazole rings is 1. The summed E-state index contributed by atoms with van der Waals surface area (Å²) < 4.78 is 38.4. The zero-order chi connectivity index (χ0) is 20.6. The number of hydrogen-bond donors (Lipinski definition) is 0. The zero-order valence-corrected chi connectivity index (χ0v) is 17.5. The van der Waals surface area contributed by atoms with Crippen LogP contribution in [-0.4, -0.2) is 56.1 Å². The lowest BCUT2D eigenvalue weighted by Crippen LogP contribution is -2.48. The first-order valence-corrected chi connectivity index (χ1v) is 11.8. The molecule has 0 spiro atoms. The summed E-state index contributed by atoms with van der Waals surface area (Å²) >= 11 is 1.44. The Morgan fingerprint density at radius 2 is 1.90 bits per heavy atom. The SMILES string of the molecule is CCS(=O)(=O)c1cccc(C(=O)N2CCN(c3nc4ccc(F)cc4s3)CC2)c1. The minimum Gasteiger partial charge on any atom is -0.345 e. The van der Waals surface area contributed by atoms with Gasteiger partial charge < -0.3 is 9.80 Å². The van der Waals surface area contributed by atoms with Crippen molar-refractivity contribution in [2.45, 2.75) is 11.8 Å². The van der Waals surface area contributed by atoms with Gasteiger partial charge in [-0.05, 0) is 36.4 Å². The molecule has 1 amide bonds. The Kier molecular flexibility index (Phi) is 5.26. The van der Waals surface area contributed by atoms with E-state index in [9.17, 15) is 17.6 Å². The van der Waals surface area contributed by atoms with Gasteiger partial charge >= 0.3 is 0 Å². The molecule has 0 saturated carbocycles. The Morgan fingerprint density at radius 3 is 2.62 bits per heavy atom. The van der Waals surface area contributed by atoms with Gasteiger partial charge in [-0.2, -0.15) is 0 Å². The number of carbonyl (C=O) groups excluding carboxylic acids is 1. The van der Waals surface area contributed by atoms with Crippen molar-refractivity contribution in [2.24, 2.45) is 0 Å². The number of aromatic nitrogens is 1. The minimum atomic E-state index is -3.36. The normalized spacial score (nSPS) is 15.1. The Labute approximate surface area is 172 Å². The maximum absolute atomic E-state index is 13.4. The first-order valence-electron chi connectivity index (χ1n) is 9.30. The van der Waals surface area contributed by atoms with Crippen LogP contribution in [0.15, 0.2) is 47.4 Å². The first kappa shape index (κ1) is 19.8. The first-order chi connectivity index (χ1) is 13.9. The summed E-state index contributed by atoms with van der Waals surface area (Å²) in [5.41, 5.74) is 1.14. The monoisotopic (exact) mass is 433 g/mol. The number of fused-ring (bicyclic) bond motifs is 1. The predicted octanol–water partition coefficient (Wildman–Crippen LogP) is 3.19. The Balaban J connectivity index is 1.46. The van der Waals surface area contributed by atoms with E-state index < -0.39 is 9.84 Å². The van der Waals surface area contributed by atoms with Gasteiger partial charge in [0.1, 0.15) is 5.82 Å². The summed E-state index contributed by atoms with van der Waals surface area (Å²) in [5, 5.41) is 0.814. The highest BCUT2D eigenvalue weighted by molar-refractivity contribution is 7.91. The number of halogens is 1. The molecule has 0 bridgehead atoms. The van der Waals surface area contributed by atoms with E-state index in [2.05, 4.69) is 9.88 Å². The molecule has 0 N–H and O–H groups in total. The summed E-state index contributed by atoms with van der Waals surface area (Å²) in [6.07, 6.45) is 0. The van der Waals surface area contributed by atoms with Crippen LogP contribution < -0.4 is 4.90 Å². The van der Waals surface area contributed by atoms with Gasteiger partial charge in [-0.1, -0.05) is 24.3 Å². The van der Waals surface area contributed by atoms with Gasteiger partial charge in [0.2, 0.25) is 0 Å². The van der Waals surface area contributed by atoms with Gasteiger partial charge in [0.05, 0.1) is 20.9 Å². The summed E-state index contributed by atoms with van der Waals surface area (Å²) in [5.74, 6) is -0.463. The second kappa shape index (κ2) is 7.72. The predicted molar refractivity (Wildman–Crippen MR) is 112 cm³/mol. The lowest BCUT2D eigenvalue weighted by molar-refractivity contribution is 0.0746. The fourth-order valence-electron chi connectivity index (χ4n) is 3.29. The van der Waals surface area contributed by atoms with Crippen LogP contribution in [0.4, 0.5) is 9.52 Å². The molecule has 29 heavy (non-hydrogen) atoms. The molecule has 0 aliphatic carbocycles. The number of nitrogens with zero attached hydrogens (tertiary/aromatic N) is 3. The number of sulfone groups is 1. The van der Waals surface area contributed by atoms with Crippen molar-refractivity contribution >= 4 is 42.4 Å². The third kappa shape index (κ3) is 3.97. The van der Waals surface area contributed by atoms with Gasteiger partial charge in [0, 0.05) is 31.7 Å². The maximum atomic E-state index is 13.4. The van der Waals surface area contributed by atoms with Gasteiger partial charge in [0.25, 0.3) is 5.91 Å². The number of amides is 1. The van der Waals surface area contributed by atoms with Crippen molar-refractivity contribution in [3.8, 4) is 0 Å². The quantitative estimate of drug-likeness (QED) is 0.632. The Bertz CT molecular complexity index is 1170. The molecule has 9 heteroatoms. The smallest absolute Gasteiger partial charge is 0.254 e. The molecule has 0 unspecified atom stereocenters. The average Bonchev–Trinajstić information content (AvgIpc) is 3.16. The molecule has 1 saturated heterocycles. The summed E-state index contributed by atoms with van der Waals surface area (Å²) in [4.78, 5) is 21.4. The van der Waals surface area contributed by atoms with Crippen LogP contribution in [0.5, 0.6) is 0 Å². The lowest BCUT2D eigenvalue weighted by atomic mass is 10.2. The number of hydrogen-bond acceptors (Lipinski definition) is 6. The summed E-state index contributed by atoms with van der Waals surface area (Å²) in [6.45, 7) is 3.82. The molecule has 1 fully saturated rings. The maximum Gasteiger partial charge on any atom is 0.254 e. The van der Waals surface area contributed by atoms with Crippen LogP contribution in [-0.2, 0) is 9.84 Å². The molecule has 1 aromatic heterocycles. The number of piperazine rings is 1. The highest BCUT2D eigenvalue weighted by atomic mass is 32.2. The summed E-state index contributed by atoms with van der Waals surface area (Å²) in [6, 6.07) is 10.8. The molecule has 0 atom stereocenters. The van der Waals surface area contributed by atoms with Crippen LogP contribution in [0.25, 0.3) is 10.2 Å². The van der Waals surface area contributed by atoms with E-state index >= 15 is 0 Å². The molecule has 1 aliphatic rings. The van der Waals surface area contributed by atoms with E-state index in [1.165, 1.54) is 35.6 Å². The average molecular weight is 434 g/mol. The van der Waals surface area contributed by atoms with E-state index in [4.69, 9.17) is 0 Å². The fraction of sp³-hybridized carbons (Fsp3) is 0.300. The number of benzene rings is 2. The second-order valence-corrected chi connectivity index (χ2v) is 10.1. The molecular weight excluding hydrogens is 413 g/mol. The molecule has 2 heterocycles. The molecule has 2 aromatic carbocycles. The third-order valence-electron chi connectivity index (χ3n) is 5.00. The fourth-order valence-corrected chi connectivity index (χ4v) is 5.26. The van der Waals surface area contributed by atoms with Crippen molar-refractivity contribution in [3.63, 3.8) is 0 Å². The number of rotatable bonds is 4. The standard InChI is InChI=1S/C20H20FN3O3S2/c1-2-29(26,27)16-5-3-4-14(12-16)19(25)23-8-10-24(11-9-23)20-22-17-7-6-15(21)13-18(17)28-20/h3-7,12-13H,2,8-11H2,1H3. The summed E-state index contributed by atoms with van der Waals surface area (Å²) in [7, 11) is -3.36. The number of carbonyl (C=O) groups is 1. The van der Waals surface area contributed by atoms with Crippen LogP contribution in [0.2, 0.25) is 0 Å². The number of anilines is 1. The van der Waals surface area contributed by atoms with Crippen molar-refractivity contribution in [1.29, 1.82) is 0 Å². The van der Waals surface area contributed by atoms with E-state index in [0.29, 0.717) is 31.7 Å². The third-order valence-corrected chi connectivity index (χ3v) is 7.81. The van der Waals surface area contributed by atoms with Crippen LogP contribution >= 0.6 is 11.3 Å². The highest BCUT2D eigenvalue weighted by Gasteiger charge is 2.25. The van der Waals surface area contributed by atoms with Crippen molar-refractivity contribution in [3.05, 3.63) is 53.8 Å². The van der Waals surface area contributed by atoms with Crippen LogP contribution in [0.3, 0.4) is 0 Å². The minimum absolute atomic E-state index is 0.00458. The van der Waals surface area contributed by atoms with Crippen molar-refractivity contribution in [2.75, 3.05) is 36.8 Å².